The van der Waals surface area contributed by atoms with Crippen molar-refractivity contribution in [3.63, 3.8) is 0 Å². The molecule has 0 unspecified atom stereocenters. The Hall–Kier alpha value is -6.19. The summed E-state index contributed by atoms with van der Waals surface area (Å²) < 4.78 is 21.3. The van der Waals surface area contributed by atoms with Gasteiger partial charge in [0.2, 0.25) is 5.56 Å². The van der Waals surface area contributed by atoms with Crippen LogP contribution in [-0.2, 0) is 0 Å². The van der Waals surface area contributed by atoms with E-state index in [0.29, 0.717) is 67.5 Å². The molecule has 3 heterocycles. The summed E-state index contributed by atoms with van der Waals surface area (Å²) in [5, 5.41) is 13.2. The first kappa shape index (κ1) is 40.5. The summed E-state index contributed by atoms with van der Waals surface area (Å²) >= 11 is 26.1. The number of pyridine rings is 1. The number of nitrogens with zero attached hydrogens (tertiary/aromatic N) is 4. The Morgan fingerprint density at radius 1 is 0.596 bits per heavy atom. The fraction of sp³-hybridized carbons (Fsp3) is 0.103. The van der Waals surface area contributed by atoms with Crippen LogP contribution in [0.15, 0.2) is 84.3 Å². The molecule has 7 aromatic rings. The lowest BCUT2D eigenvalue weighted by Gasteiger charge is -2.16. The van der Waals surface area contributed by atoms with E-state index in [4.69, 9.17) is 65.4 Å². The number of nitrogens with one attached hydrogen (secondary N) is 2. The molecule has 0 aliphatic heterocycles. The number of H-pyrrole nitrogens is 1. The van der Waals surface area contributed by atoms with Gasteiger partial charge in [-0.1, -0.05) is 58.5 Å². The highest BCUT2D eigenvalue weighted by Gasteiger charge is 2.25. The topological polar surface area (TPSA) is 188 Å². The number of carboxylic acids is 1. The lowest BCUT2D eigenvalue weighted by Crippen LogP contribution is -2.14. The van der Waals surface area contributed by atoms with Gasteiger partial charge in [-0.25, -0.2) is 4.79 Å². The Bertz CT molecular complexity index is 2690. The second-order valence-corrected chi connectivity index (χ2v) is 13.1. The van der Waals surface area contributed by atoms with E-state index in [-0.39, 0.29) is 42.3 Å². The van der Waals surface area contributed by atoms with Crippen molar-refractivity contribution in [1.29, 1.82) is 0 Å². The number of amides is 1. The first-order valence-corrected chi connectivity index (χ1v) is 17.9. The summed E-state index contributed by atoms with van der Waals surface area (Å²) in [4.78, 5) is 55.3. The van der Waals surface area contributed by atoms with E-state index in [1.807, 2.05) is 0 Å². The maximum Gasteiger partial charge on any atom is 0.337 e. The van der Waals surface area contributed by atoms with Crippen LogP contribution >= 0.6 is 46.4 Å². The summed E-state index contributed by atoms with van der Waals surface area (Å²) in [6, 6.07) is 12.3. The number of carbonyl (C=O) groups is 2. The van der Waals surface area contributed by atoms with Crippen molar-refractivity contribution >= 4 is 86.0 Å². The summed E-state index contributed by atoms with van der Waals surface area (Å²) in [7, 11) is 5.93. The Labute approximate surface area is 343 Å². The fourth-order valence-electron chi connectivity index (χ4n) is 5.80. The van der Waals surface area contributed by atoms with E-state index >= 15 is 0 Å². The second kappa shape index (κ2) is 17.3. The van der Waals surface area contributed by atoms with Crippen molar-refractivity contribution in [1.82, 2.24) is 24.9 Å². The van der Waals surface area contributed by atoms with Gasteiger partial charge in [0.1, 0.15) is 34.0 Å². The fourth-order valence-corrected chi connectivity index (χ4v) is 7.21. The number of benzene rings is 4. The molecule has 0 saturated carbocycles. The molecule has 4 aromatic carbocycles. The summed E-state index contributed by atoms with van der Waals surface area (Å²) in [5.74, 6) is -0.0267. The Morgan fingerprint density at radius 3 is 1.39 bits per heavy atom. The summed E-state index contributed by atoms with van der Waals surface area (Å²) in [6.45, 7) is 0. The average Bonchev–Trinajstić information content (AvgIpc) is 3.22. The minimum absolute atomic E-state index is 0.0361. The van der Waals surface area contributed by atoms with Crippen LogP contribution < -0.4 is 29.8 Å². The molecule has 0 spiro atoms. The maximum absolute atomic E-state index is 12.9. The number of hydrogen-bond acceptors (Lipinski definition) is 11. The number of ether oxygens (including phenoxy) is 4. The number of rotatable bonds is 9. The Kier molecular flexibility index (Phi) is 12.3. The first-order chi connectivity index (χ1) is 27.4. The van der Waals surface area contributed by atoms with Gasteiger partial charge in [0.15, 0.2) is 0 Å². The molecule has 0 aliphatic carbocycles. The molecule has 1 amide bonds. The molecular weight excluding hydrogens is 822 g/mol. The van der Waals surface area contributed by atoms with Gasteiger partial charge < -0.3 is 34.4 Å². The van der Waals surface area contributed by atoms with Gasteiger partial charge in [-0.05, 0) is 18.2 Å². The highest BCUT2D eigenvalue weighted by molar-refractivity contribution is 6.42. The molecule has 0 fully saturated rings. The number of halogens is 4. The zero-order valence-electron chi connectivity index (χ0n) is 30.1. The molecule has 290 valence electrons. The number of anilines is 1. The molecule has 0 bridgehead atoms. The molecule has 0 atom stereocenters. The number of carboxylic acid groups (broad SMARTS) is 1. The highest BCUT2D eigenvalue weighted by atomic mass is 35.5. The monoisotopic (exact) mass is 848 g/mol. The van der Waals surface area contributed by atoms with Crippen molar-refractivity contribution < 1.29 is 33.6 Å². The van der Waals surface area contributed by atoms with E-state index < -0.39 is 11.9 Å². The van der Waals surface area contributed by atoms with E-state index in [0.717, 1.165) is 0 Å². The number of aromatic nitrogens is 5. The number of carbonyl (C=O) groups excluding carboxylic acids is 1. The van der Waals surface area contributed by atoms with Crippen LogP contribution in [0.3, 0.4) is 0 Å². The molecule has 3 aromatic heterocycles. The Balaban J connectivity index is 0.000000199. The number of methoxy groups -OCH3 is 4. The number of hydrogen-bond donors (Lipinski definition) is 3. The predicted molar refractivity (Wildman–Crippen MR) is 218 cm³/mol. The summed E-state index contributed by atoms with van der Waals surface area (Å²) in [6.07, 6.45) is 7.29. The molecular formula is C39H28Cl4N6O8. The van der Waals surface area contributed by atoms with Gasteiger partial charge in [0, 0.05) is 71.4 Å². The lowest BCUT2D eigenvalue weighted by atomic mass is 9.99. The largest absolute Gasteiger partial charge is 0.495 e. The van der Waals surface area contributed by atoms with E-state index in [1.54, 1.807) is 30.3 Å². The highest BCUT2D eigenvalue weighted by Crippen LogP contribution is 2.49. The zero-order valence-corrected chi connectivity index (χ0v) is 33.1. The van der Waals surface area contributed by atoms with E-state index in [2.05, 4.69) is 30.2 Å². The van der Waals surface area contributed by atoms with Gasteiger partial charge in [-0.15, -0.1) is 0 Å². The summed E-state index contributed by atoms with van der Waals surface area (Å²) in [5.41, 5.74) is 3.81. The van der Waals surface area contributed by atoms with Gasteiger partial charge in [-0.3, -0.25) is 29.5 Å². The van der Waals surface area contributed by atoms with E-state index in [9.17, 15) is 19.5 Å². The first-order valence-electron chi connectivity index (χ1n) is 16.3. The quantitative estimate of drug-likeness (QED) is 0.125. The minimum Gasteiger partial charge on any atom is -0.495 e. The maximum atomic E-state index is 12.9. The van der Waals surface area contributed by atoms with Crippen LogP contribution in [0, 0.1) is 0 Å². The number of fused-ring (bicyclic) bond motifs is 2. The molecule has 7 rings (SSSR count). The van der Waals surface area contributed by atoms with Gasteiger partial charge in [0.25, 0.3) is 5.91 Å². The standard InChI is InChI=1S/C22H16Cl2N4O4.C17H12Cl2N2O4/c1-31-14-9-15(32-2)19(24)17(18(14)23)12-4-5-13(21-20(12)25-7-8-26-21)22(30)28-11-3-6-16(29)27-10-11;1-24-10-7-11(25-2)14(19)12(13(10)18)8-3-4-9(17(22)23)16-15(8)20-5-6-21-16/h3-10H,1-2H3,(H,27,29)(H,28,30);3-7H,1-2H3,(H,22,23). The third kappa shape index (κ3) is 7.93. The molecule has 57 heavy (non-hydrogen) atoms. The normalized spacial score (nSPS) is 10.7. The Morgan fingerprint density at radius 2 is 1.00 bits per heavy atom. The molecule has 0 radical (unpaired) electrons. The van der Waals surface area contributed by atoms with Crippen molar-refractivity contribution in [2.24, 2.45) is 0 Å². The number of aromatic carboxylic acids is 1. The van der Waals surface area contributed by atoms with Crippen molar-refractivity contribution in [2.45, 2.75) is 0 Å². The van der Waals surface area contributed by atoms with Crippen molar-refractivity contribution in [2.75, 3.05) is 33.8 Å². The van der Waals surface area contributed by atoms with Crippen LogP contribution in [0.1, 0.15) is 20.7 Å². The molecule has 0 saturated heterocycles. The van der Waals surface area contributed by atoms with Crippen LogP contribution in [0.4, 0.5) is 5.69 Å². The second-order valence-electron chi connectivity index (χ2n) is 11.6. The lowest BCUT2D eigenvalue weighted by molar-refractivity contribution is 0.0698. The third-order valence-corrected chi connectivity index (χ3v) is 9.95. The van der Waals surface area contributed by atoms with Crippen molar-refractivity contribution in [3.8, 4) is 45.3 Å². The smallest absolute Gasteiger partial charge is 0.337 e. The van der Waals surface area contributed by atoms with Crippen LogP contribution in [0.5, 0.6) is 23.0 Å². The van der Waals surface area contributed by atoms with E-state index in [1.165, 1.54) is 77.6 Å². The predicted octanol–water partition coefficient (Wildman–Crippen LogP) is 8.88. The van der Waals surface area contributed by atoms with Crippen LogP contribution in [-0.4, -0.2) is 70.3 Å². The van der Waals surface area contributed by atoms with Crippen molar-refractivity contribution in [3.05, 3.63) is 121 Å². The third-order valence-electron chi connectivity index (χ3n) is 8.45. The van der Waals surface area contributed by atoms with Crippen LogP contribution in [0.25, 0.3) is 44.3 Å². The molecule has 18 heteroatoms. The minimum atomic E-state index is -1.10. The molecule has 0 aliphatic rings. The van der Waals surface area contributed by atoms with Gasteiger partial charge in [0.05, 0.1) is 76.4 Å². The van der Waals surface area contributed by atoms with Gasteiger partial charge in [-0.2, -0.15) is 0 Å². The van der Waals surface area contributed by atoms with Crippen LogP contribution in [0.2, 0.25) is 20.1 Å². The molecule has 3 N–H and O–H groups in total. The van der Waals surface area contributed by atoms with Gasteiger partial charge >= 0.3 is 5.97 Å². The zero-order chi connectivity index (χ0) is 41.0. The molecule has 14 nitrogen and oxygen atoms in total. The number of aromatic amines is 1. The average molecular weight is 850 g/mol. The SMILES string of the molecule is COc1cc(OC)c(Cl)c(-c2ccc(C(=O)Nc3ccc(=O)[nH]c3)c3nccnc23)c1Cl.COc1cc(OC)c(Cl)c(-c2ccc(C(=O)O)c3nccnc23)c1Cl.